The number of rotatable bonds is 6. The van der Waals surface area contributed by atoms with E-state index in [1.165, 1.54) is 12.1 Å². The number of benzene rings is 1. The van der Waals surface area contributed by atoms with Crippen molar-refractivity contribution in [2.75, 3.05) is 6.54 Å². The van der Waals surface area contributed by atoms with Gasteiger partial charge in [0.15, 0.2) is 0 Å². The lowest BCUT2D eigenvalue weighted by Crippen LogP contribution is -2.18. The first-order valence-electron chi connectivity index (χ1n) is 6.61. The van der Waals surface area contributed by atoms with Crippen LogP contribution in [-0.2, 0) is 13.7 Å². The zero-order chi connectivity index (χ0) is 14.5. The Morgan fingerprint density at radius 1 is 1.45 bits per heavy atom. The summed E-state index contributed by atoms with van der Waals surface area (Å²) in [5, 5.41) is 11.1. The summed E-state index contributed by atoms with van der Waals surface area (Å²) >= 11 is 0. The largest absolute Gasteiger partial charge is 0.487 e. The third kappa shape index (κ3) is 3.54. The summed E-state index contributed by atoms with van der Waals surface area (Å²) in [7, 11) is 1.79. The van der Waals surface area contributed by atoms with E-state index in [2.05, 4.69) is 15.6 Å². The van der Waals surface area contributed by atoms with Crippen LogP contribution in [0, 0.1) is 5.82 Å². The van der Waals surface area contributed by atoms with Crippen LogP contribution in [0.5, 0.6) is 5.75 Å². The average molecular weight is 278 g/mol. The van der Waals surface area contributed by atoms with Crippen LogP contribution in [0.15, 0.2) is 24.4 Å². The molecule has 1 aromatic carbocycles. The molecule has 2 rings (SSSR count). The molecule has 5 nitrogen and oxygen atoms in total. The van der Waals surface area contributed by atoms with Crippen molar-refractivity contribution in [3.8, 4) is 5.75 Å². The van der Waals surface area contributed by atoms with Gasteiger partial charge in [0.25, 0.3) is 0 Å². The summed E-state index contributed by atoms with van der Waals surface area (Å²) in [4.78, 5) is 0. The normalized spacial score (nSPS) is 12.4. The molecule has 0 saturated heterocycles. The average Bonchev–Trinajstić information content (AvgIpc) is 2.82. The molecule has 6 heteroatoms. The molecule has 0 saturated carbocycles. The molecule has 0 spiro atoms. The second kappa shape index (κ2) is 6.47. The van der Waals surface area contributed by atoms with Gasteiger partial charge in [0.1, 0.15) is 23.9 Å². The number of halogens is 1. The van der Waals surface area contributed by atoms with E-state index in [9.17, 15) is 4.39 Å². The smallest absolute Gasteiger partial charge is 0.134 e. The van der Waals surface area contributed by atoms with Crippen LogP contribution in [0.1, 0.15) is 31.1 Å². The highest BCUT2D eigenvalue weighted by molar-refractivity contribution is 5.36. The number of aryl methyl sites for hydroxylation is 1. The molecule has 1 unspecified atom stereocenters. The van der Waals surface area contributed by atoms with Crippen LogP contribution in [0.2, 0.25) is 0 Å². The minimum Gasteiger partial charge on any atom is -0.487 e. The van der Waals surface area contributed by atoms with Crippen LogP contribution in [0.4, 0.5) is 4.39 Å². The third-order valence-corrected chi connectivity index (χ3v) is 2.98. The van der Waals surface area contributed by atoms with Gasteiger partial charge in [0.05, 0.1) is 6.20 Å². The predicted molar refractivity (Wildman–Crippen MR) is 73.8 cm³/mol. The summed E-state index contributed by atoms with van der Waals surface area (Å²) in [5.41, 5.74) is 1.64. The van der Waals surface area contributed by atoms with Crippen molar-refractivity contribution in [1.82, 2.24) is 20.3 Å². The van der Waals surface area contributed by atoms with E-state index in [4.69, 9.17) is 4.74 Å². The first kappa shape index (κ1) is 14.5. The lowest BCUT2D eigenvalue weighted by atomic mass is 10.1. The topological polar surface area (TPSA) is 52.0 Å². The molecule has 0 amide bonds. The molecule has 1 aromatic heterocycles. The van der Waals surface area contributed by atoms with Crippen molar-refractivity contribution in [3.05, 3.63) is 41.5 Å². The number of nitrogens with zero attached hydrogens (tertiary/aromatic N) is 3. The van der Waals surface area contributed by atoms with E-state index in [0.717, 1.165) is 12.1 Å². The summed E-state index contributed by atoms with van der Waals surface area (Å²) in [6.07, 6.45) is 1.77. The van der Waals surface area contributed by atoms with Gasteiger partial charge in [-0.05, 0) is 19.5 Å². The minimum absolute atomic E-state index is 0.0949. The molecule has 0 fully saturated rings. The van der Waals surface area contributed by atoms with Crippen molar-refractivity contribution in [2.45, 2.75) is 26.5 Å². The fourth-order valence-electron chi connectivity index (χ4n) is 2.02. The van der Waals surface area contributed by atoms with Gasteiger partial charge in [-0.25, -0.2) is 4.39 Å². The van der Waals surface area contributed by atoms with Crippen LogP contribution >= 0.6 is 0 Å². The number of aromatic nitrogens is 3. The van der Waals surface area contributed by atoms with E-state index >= 15 is 0 Å². The van der Waals surface area contributed by atoms with Crippen molar-refractivity contribution >= 4 is 0 Å². The highest BCUT2D eigenvalue weighted by Crippen LogP contribution is 2.26. The lowest BCUT2D eigenvalue weighted by molar-refractivity contribution is 0.293. The Bertz CT molecular complexity index is 570. The molecule has 0 bridgehead atoms. The van der Waals surface area contributed by atoms with E-state index in [-0.39, 0.29) is 18.5 Å². The maximum atomic E-state index is 13.4. The Labute approximate surface area is 117 Å². The first-order valence-corrected chi connectivity index (χ1v) is 6.61. The Balaban J connectivity index is 2.14. The number of hydrogen-bond acceptors (Lipinski definition) is 4. The second-order valence-electron chi connectivity index (χ2n) is 4.63. The number of nitrogens with one attached hydrogen (secondary N) is 1. The zero-order valence-electron chi connectivity index (χ0n) is 11.9. The van der Waals surface area contributed by atoms with Crippen molar-refractivity contribution < 1.29 is 9.13 Å². The van der Waals surface area contributed by atoms with E-state index in [0.29, 0.717) is 11.4 Å². The van der Waals surface area contributed by atoms with E-state index in [1.54, 1.807) is 24.0 Å². The predicted octanol–water partition coefficient (Wildman–Crippen LogP) is 2.20. The Hall–Kier alpha value is -1.95. The van der Waals surface area contributed by atoms with Gasteiger partial charge in [0, 0.05) is 24.7 Å². The van der Waals surface area contributed by atoms with Crippen molar-refractivity contribution in [3.63, 3.8) is 0 Å². The molecule has 1 atom stereocenters. The molecular weight excluding hydrogens is 259 g/mol. The fourth-order valence-corrected chi connectivity index (χ4v) is 2.02. The van der Waals surface area contributed by atoms with Crippen molar-refractivity contribution in [1.29, 1.82) is 0 Å². The maximum Gasteiger partial charge on any atom is 0.134 e. The molecule has 0 aliphatic carbocycles. The molecule has 0 aliphatic rings. The molecule has 108 valence electrons. The van der Waals surface area contributed by atoms with Crippen LogP contribution in [0.25, 0.3) is 0 Å². The zero-order valence-corrected chi connectivity index (χ0v) is 11.9. The standard InChI is InChI=1S/C14H19FN4O/c1-4-16-10(2)13-6-5-11(15)7-14(13)20-9-12-8-19(3)18-17-12/h5-8,10,16H,4,9H2,1-3H3. The molecule has 0 aliphatic heterocycles. The van der Waals surface area contributed by atoms with E-state index in [1.807, 2.05) is 13.8 Å². The summed E-state index contributed by atoms with van der Waals surface area (Å²) in [6.45, 7) is 5.15. The molecule has 20 heavy (non-hydrogen) atoms. The number of ether oxygens (including phenoxy) is 1. The Kier molecular flexibility index (Phi) is 4.68. The summed E-state index contributed by atoms with van der Waals surface area (Å²) in [5.74, 6) is 0.218. The van der Waals surface area contributed by atoms with Gasteiger partial charge >= 0.3 is 0 Å². The van der Waals surface area contributed by atoms with Gasteiger partial charge in [-0.3, -0.25) is 4.68 Å². The number of hydrogen-bond donors (Lipinski definition) is 1. The van der Waals surface area contributed by atoms with Gasteiger partial charge in [0.2, 0.25) is 0 Å². The fraction of sp³-hybridized carbons (Fsp3) is 0.429. The van der Waals surface area contributed by atoms with Gasteiger partial charge in [-0.1, -0.05) is 18.2 Å². The third-order valence-electron chi connectivity index (χ3n) is 2.98. The van der Waals surface area contributed by atoms with Crippen LogP contribution in [0.3, 0.4) is 0 Å². The summed E-state index contributed by atoms with van der Waals surface area (Å²) in [6, 6.07) is 4.68. The monoisotopic (exact) mass is 278 g/mol. The minimum atomic E-state index is -0.313. The Morgan fingerprint density at radius 3 is 2.90 bits per heavy atom. The highest BCUT2D eigenvalue weighted by Gasteiger charge is 2.12. The lowest BCUT2D eigenvalue weighted by Gasteiger charge is -2.17. The molecule has 2 aromatic rings. The molecule has 1 N–H and O–H groups in total. The molecule has 0 radical (unpaired) electrons. The van der Waals surface area contributed by atoms with Crippen molar-refractivity contribution in [2.24, 2.45) is 7.05 Å². The van der Waals surface area contributed by atoms with Crippen LogP contribution < -0.4 is 10.1 Å². The molecule has 1 heterocycles. The van der Waals surface area contributed by atoms with Gasteiger partial charge in [-0.2, -0.15) is 0 Å². The highest BCUT2D eigenvalue weighted by atomic mass is 19.1. The maximum absolute atomic E-state index is 13.4. The SMILES string of the molecule is CCNC(C)c1ccc(F)cc1OCc1cn(C)nn1. The van der Waals surface area contributed by atoms with Crippen LogP contribution in [-0.4, -0.2) is 21.5 Å². The first-order chi connectivity index (χ1) is 9.60. The van der Waals surface area contributed by atoms with E-state index < -0.39 is 0 Å². The van der Waals surface area contributed by atoms with Gasteiger partial charge in [-0.15, -0.1) is 5.10 Å². The summed E-state index contributed by atoms with van der Waals surface area (Å²) < 4.78 is 20.7. The van der Waals surface area contributed by atoms with Gasteiger partial charge < -0.3 is 10.1 Å². The molecular formula is C14H19FN4O. The quantitative estimate of drug-likeness (QED) is 0.880. The second-order valence-corrected chi connectivity index (χ2v) is 4.63. The Morgan fingerprint density at radius 2 is 2.25 bits per heavy atom.